The molecular formula is C11H18F7NO2S. The Morgan fingerprint density at radius 1 is 0.818 bits per heavy atom. The smallest absolute Gasteiger partial charge is 0.309 e. The molecule has 0 aliphatic rings. The van der Waals surface area contributed by atoms with Crippen molar-refractivity contribution in [3.05, 3.63) is 0 Å². The number of rotatable bonds is 8. The van der Waals surface area contributed by atoms with Crippen molar-refractivity contribution in [3.8, 4) is 0 Å². The lowest BCUT2D eigenvalue weighted by Crippen LogP contribution is -2.54. The van der Waals surface area contributed by atoms with Crippen LogP contribution in [0.2, 0.25) is 0 Å². The number of nitrogens with zero attached hydrogens (tertiary/aromatic N) is 1. The van der Waals surface area contributed by atoms with Gasteiger partial charge in [-0.05, 0) is 33.5 Å². The number of unbranched alkanes of at least 4 members (excludes halogenated alkanes) is 1. The predicted octanol–water partition coefficient (Wildman–Crippen LogP) is 2.97. The van der Waals surface area contributed by atoms with Crippen LogP contribution in [0.15, 0.2) is 0 Å². The van der Waals surface area contributed by atoms with Crippen molar-refractivity contribution in [2.24, 2.45) is 0 Å². The van der Waals surface area contributed by atoms with Gasteiger partial charge in [-0.25, -0.2) is 12.8 Å². The average Bonchev–Trinajstić information content (AvgIpc) is 2.28. The zero-order valence-corrected chi connectivity index (χ0v) is 12.9. The topological polar surface area (TPSA) is 37.4 Å². The average molecular weight is 361 g/mol. The summed E-state index contributed by atoms with van der Waals surface area (Å²) in [6, 6.07) is 0. The maximum atomic E-state index is 13.3. The van der Waals surface area contributed by atoms with Crippen LogP contribution in [0.25, 0.3) is 0 Å². The Morgan fingerprint density at radius 3 is 1.64 bits per heavy atom. The number of alkyl halides is 7. The molecule has 0 saturated carbocycles. The summed E-state index contributed by atoms with van der Waals surface area (Å²) in [7, 11) is -0.750. The molecule has 0 rings (SSSR count). The summed E-state index contributed by atoms with van der Waals surface area (Å²) >= 11 is 0. The Labute approximate surface area is 124 Å². The summed E-state index contributed by atoms with van der Waals surface area (Å²) in [5.41, 5.74) is -5.52. The zero-order chi connectivity index (χ0) is 17.8. The minimum atomic E-state index is -6.22. The molecule has 0 aromatic rings. The first-order valence-corrected chi connectivity index (χ1v) is 8.12. The number of hydrogen-bond donors (Lipinski definition) is 0. The molecule has 0 atom stereocenters. The highest BCUT2D eigenvalue weighted by Crippen LogP contribution is 2.48. The molecule has 3 nitrogen and oxygen atoms in total. The molecular weight excluding hydrogens is 343 g/mol. The van der Waals surface area contributed by atoms with E-state index in [-0.39, 0.29) is 6.42 Å². The van der Waals surface area contributed by atoms with Crippen molar-refractivity contribution < 1.29 is 39.2 Å². The monoisotopic (exact) mass is 361 g/mol. The van der Waals surface area contributed by atoms with E-state index in [4.69, 9.17) is 0 Å². The van der Waals surface area contributed by atoms with Gasteiger partial charge in [0.05, 0.1) is 11.5 Å². The van der Waals surface area contributed by atoms with Gasteiger partial charge >= 0.3 is 12.4 Å². The molecule has 0 aliphatic carbocycles. The molecule has 0 saturated heterocycles. The highest BCUT2D eigenvalue weighted by atomic mass is 32.2. The Hall–Kier alpha value is -0.580. The van der Waals surface area contributed by atoms with Gasteiger partial charge in [0.1, 0.15) is 9.84 Å². The first kappa shape index (κ1) is 21.4. The van der Waals surface area contributed by atoms with Crippen LogP contribution in [0.1, 0.15) is 19.3 Å². The van der Waals surface area contributed by atoms with Crippen LogP contribution in [0, 0.1) is 0 Å². The van der Waals surface area contributed by atoms with Gasteiger partial charge < -0.3 is 4.90 Å². The van der Waals surface area contributed by atoms with Gasteiger partial charge in [0.15, 0.2) is 0 Å². The van der Waals surface area contributed by atoms with Crippen LogP contribution in [0.3, 0.4) is 0 Å². The largest absolute Gasteiger partial charge is 0.431 e. The SMILES string of the molecule is CN(C)CCCCS(=O)(=O)CCC(F)(C(F)(F)F)C(F)(F)F. The van der Waals surface area contributed by atoms with Gasteiger partial charge in [-0.15, -0.1) is 0 Å². The van der Waals surface area contributed by atoms with Crippen LogP contribution in [-0.2, 0) is 9.84 Å². The molecule has 0 spiro atoms. The molecule has 0 bridgehead atoms. The van der Waals surface area contributed by atoms with Gasteiger partial charge in [-0.3, -0.25) is 0 Å². The fourth-order valence-electron chi connectivity index (χ4n) is 1.59. The van der Waals surface area contributed by atoms with Crippen LogP contribution >= 0.6 is 0 Å². The van der Waals surface area contributed by atoms with Crippen LogP contribution in [0.4, 0.5) is 30.7 Å². The fourth-order valence-corrected chi connectivity index (χ4v) is 3.03. The molecule has 0 fully saturated rings. The van der Waals surface area contributed by atoms with E-state index >= 15 is 0 Å². The number of sulfone groups is 1. The van der Waals surface area contributed by atoms with Crippen molar-refractivity contribution in [3.63, 3.8) is 0 Å². The van der Waals surface area contributed by atoms with E-state index in [0.717, 1.165) is 0 Å². The predicted molar refractivity (Wildman–Crippen MR) is 67.0 cm³/mol. The van der Waals surface area contributed by atoms with E-state index in [1.54, 1.807) is 19.0 Å². The summed E-state index contributed by atoms with van der Waals surface area (Å²) in [4.78, 5) is 1.74. The number of halogens is 7. The van der Waals surface area contributed by atoms with Gasteiger partial charge in [0.2, 0.25) is 0 Å². The van der Waals surface area contributed by atoms with Gasteiger partial charge in [-0.2, -0.15) is 26.3 Å². The summed E-state index contributed by atoms with van der Waals surface area (Å²) < 4.78 is 110. The van der Waals surface area contributed by atoms with Crippen molar-refractivity contribution in [1.82, 2.24) is 4.90 Å². The third kappa shape index (κ3) is 6.27. The van der Waals surface area contributed by atoms with E-state index in [1.165, 1.54) is 0 Å². The first-order valence-electron chi connectivity index (χ1n) is 6.30. The fraction of sp³-hybridized carbons (Fsp3) is 1.00. The van der Waals surface area contributed by atoms with Gasteiger partial charge in [-0.1, -0.05) is 0 Å². The van der Waals surface area contributed by atoms with Crippen LogP contribution < -0.4 is 0 Å². The second-order valence-corrected chi connectivity index (χ2v) is 7.51. The lowest BCUT2D eigenvalue weighted by atomic mass is 10.0. The van der Waals surface area contributed by atoms with Crippen molar-refractivity contribution in [2.75, 3.05) is 32.1 Å². The Kier molecular flexibility index (Phi) is 7.13. The second-order valence-electron chi connectivity index (χ2n) is 5.21. The van der Waals surface area contributed by atoms with E-state index in [2.05, 4.69) is 0 Å². The van der Waals surface area contributed by atoms with Gasteiger partial charge in [0, 0.05) is 6.42 Å². The van der Waals surface area contributed by atoms with Crippen LogP contribution in [0.5, 0.6) is 0 Å². The highest BCUT2D eigenvalue weighted by Gasteiger charge is 2.72. The molecule has 0 N–H and O–H groups in total. The van der Waals surface area contributed by atoms with Crippen molar-refractivity contribution in [1.29, 1.82) is 0 Å². The summed E-state index contributed by atoms with van der Waals surface area (Å²) in [5.74, 6) is -2.09. The second kappa shape index (κ2) is 7.33. The maximum Gasteiger partial charge on any atom is 0.431 e. The molecule has 0 unspecified atom stereocenters. The summed E-state index contributed by atoms with van der Waals surface area (Å²) in [6.45, 7) is 0.521. The molecule has 0 aromatic heterocycles. The molecule has 11 heteroatoms. The zero-order valence-electron chi connectivity index (χ0n) is 12.1. The third-order valence-corrected chi connectivity index (χ3v) is 4.70. The maximum absolute atomic E-state index is 13.3. The minimum Gasteiger partial charge on any atom is -0.309 e. The molecule has 134 valence electrons. The number of hydrogen-bond acceptors (Lipinski definition) is 3. The first-order chi connectivity index (χ1) is 9.62. The summed E-state index contributed by atoms with van der Waals surface area (Å²) in [6.07, 6.45) is -14.1. The Balaban J connectivity index is 4.73. The lowest BCUT2D eigenvalue weighted by Gasteiger charge is -2.29. The van der Waals surface area contributed by atoms with Crippen molar-refractivity contribution >= 4 is 9.84 Å². The summed E-state index contributed by atoms with van der Waals surface area (Å²) in [5, 5.41) is 0. The third-order valence-electron chi connectivity index (χ3n) is 2.97. The molecule has 22 heavy (non-hydrogen) atoms. The molecule has 0 aliphatic heterocycles. The molecule has 0 aromatic carbocycles. The van der Waals surface area contributed by atoms with E-state index < -0.39 is 45.8 Å². The van der Waals surface area contributed by atoms with E-state index in [0.29, 0.717) is 13.0 Å². The van der Waals surface area contributed by atoms with Crippen molar-refractivity contribution in [2.45, 2.75) is 37.3 Å². The van der Waals surface area contributed by atoms with Crippen LogP contribution in [-0.4, -0.2) is 63.5 Å². The lowest BCUT2D eigenvalue weighted by molar-refractivity contribution is -0.341. The Morgan fingerprint density at radius 2 is 1.27 bits per heavy atom. The van der Waals surface area contributed by atoms with E-state index in [1.807, 2.05) is 0 Å². The van der Waals surface area contributed by atoms with Gasteiger partial charge in [0.25, 0.3) is 5.67 Å². The quantitative estimate of drug-likeness (QED) is 0.493. The normalized spacial score (nSPS) is 14.6. The standard InChI is InChI=1S/C11H18F7NO2S/c1-19(2)6-3-4-7-22(20,21)8-5-9(12,10(13,14)15)11(16,17)18/h3-8H2,1-2H3. The highest BCUT2D eigenvalue weighted by molar-refractivity contribution is 7.91. The molecule has 0 amide bonds. The minimum absolute atomic E-state index is 0.0812. The Bertz CT molecular complexity index is 428. The molecule has 0 radical (unpaired) electrons. The molecule has 0 heterocycles. The van der Waals surface area contributed by atoms with E-state index in [9.17, 15) is 39.2 Å².